The van der Waals surface area contributed by atoms with Gasteiger partial charge < -0.3 is 10.2 Å². The Morgan fingerprint density at radius 3 is 2.29 bits per heavy atom. The number of rotatable bonds is 6. The van der Waals surface area contributed by atoms with E-state index in [9.17, 15) is 9.59 Å². The van der Waals surface area contributed by atoms with E-state index in [4.69, 9.17) is 16.7 Å². The first-order valence-corrected chi connectivity index (χ1v) is 10.6. The van der Waals surface area contributed by atoms with Gasteiger partial charge in [-0.05, 0) is 43.3 Å². The zero-order valence-corrected chi connectivity index (χ0v) is 19.0. The van der Waals surface area contributed by atoms with Crippen molar-refractivity contribution in [3.05, 3.63) is 76.9 Å². The standard InChI is InChI=1S/C24H27ClN4O2/c1-5-28(23(31)17-11-13-18(25)14-12-17)16-22(30)26-21-15-20(24(2,3)4)27-29(21)19-9-7-6-8-10-19/h6-15H,5,16H2,1-4H3,(H,26,30). The number of hydrogen-bond donors (Lipinski definition) is 1. The van der Waals surface area contributed by atoms with Crippen LogP contribution in [0.3, 0.4) is 0 Å². The van der Waals surface area contributed by atoms with Gasteiger partial charge >= 0.3 is 0 Å². The third-order valence-electron chi connectivity index (χ3n) is 4.84. The molecule has 3 rings (SSSR count). The van der Waals surface area contributed by atoms with Crippen molar-refractivity contribution in [3.63, 3.8) is 0 Å². The van der Waals surface area contributed by atoms with Crippen LogP contribution in [0.5, 0.6) is 0 Å². The quantitative estimate of drug-likeness (QED) is 0.593. The Bertz CT molecular complexity index is 1050. The second-order valence-corrected chi connectivity index (χ2v) is 8.72. The predicted molar refractivity (Wildman–Crippen MR) is 124 cm³/mol. The average Bonchev–Trinajstić information content (AvgIpc) is 3.17. The number of carbonyl (C=O) groups excluding carboxylic acids is 2. The molecule has 0 atom stereocenters. The molecule has 162 valence electrons. The molecule has 2 amide bonds. The topological polar surface area (TPSA) is 67.2 Å². The van der Waals surface area contributed by atoms with Gasteiger partial charge in [-0.1, -0.05) is 50.6 Å². The van der Waals surface area contributed by atoms with Crippen LogP contribution in [0.4, 0.5) is 5.82 Å². The lowest BCUT2D eigenvalue weighted by molar-refractivity contribution is -0.116. The Kier molecular flexibility index (Phi) is 6.81. The highest BCUT2D eigenvalue weighted by Gasteiger charge is 2.23. The van der Waals surface area contributed by atoms with Gasteiger partial charge in [0.2, 0.25) is 5.91 Å². The molecule has 0 unspecified atom stereocenters. The van der Waals surface area contributed by atoms with Crippen LogP contribution in [0.15, 0.2) is 60.7 Å². The summed E-state index contributed by atoms with van der Waals surface area (Å²) in [6.07, 6.45) is 0. The lowest BCUT2D eigenvalue weighted by Gasteiger charge is -2.20. The third-order valence-corrected chi connectivity index (χ3v) is 5.09. The zero-order valence-electron chi connectivity index (χ0n) is 18.2. The molecule has 0 saturated heterocycles. The number of para-hydroxylation sites is 1. The molecular weight excluding hydrogens is 412 g/mol. The number of aromatic nitrogens is 2. The molecule has 0 saturated carbocycles. The molecule has 3 aromatic rings. The van der Waals surface area contributed by atoms with Crippen molar-refractivity contribution in [3.8, 4) is 5.69 Å². The minimum atomic E-state index is -0.290. The Labute approximate surface area is 187 Å². The molecular formula is C24H27ClN4O2. The largest absolute Gasteiger partial charge is 0.330 e. The van der Waals surface area contributed by atoms with E-state index < -0.39 is 0 Å². The number of amides is 2. The molecule has 6 nitrogen and oxygen atoms in total. The van der Waals surface area contributed by atoms with Gasteiger partial charge in [-0.2, -0.15) is 5.10 Å². The van der Waals surface area contributed by atoms with Gasteiger partial charge in [-0.15, -0.1) is 0 Å². The van der Waals surface area contributed by atoms with E-state index >= 15 is 0 Å². The summed E-state index contributed by atoms with van der Waals surface area (Å²) in [6.45, 7) is 8.38. The number of nitrogens with zero attached hydrogens (tertiary/aromatic N) is 3. The van der Waals surface area contributed by atoms with Crippen molar-refractivity contribution in [1.29, 1.82) is 0 Å². The lowest BCUT2D eigenvalue weighted by Crippen LogP contribution is -2.38. The van der Waals surface area contributed by atoms with E-state index in [0.29, 0.717) is 22.9 Å². The van der Waals surface area contributed by atoms with Gasteiger partial charge in [0.1, 0.15) is 12.4 Å². The molecule has 0 radical (unpaired) electrons. The molecule has 1 N–H and O–H groups in total. The van der Waals surface area contributed by atoms with E-state index in [1.54, 1.807) is 28.9 Å². The number of likely N-dealkylation sites (N-methyl/N-ethyl adjacent to an activating group) is 1. The van der Waals surface area contributed by atoms with Crippen molar-refractivity contribution in [1.82, 2.24) is 14.7 Å². The maximum absolute atomic E-state index is 12.8. The molecule has 7 heteroatoms. The van der Waals surface area contributed by atoms with Gasteiger partial charge in [0.15, 0.2) is 0 Å². The van der Waals surface area contributed by atoms with Gasteiger partial charge in [-0.25, -0.2) is 4.68 Å². The molecule has 1 aromatic heterocycles. The molecule has 0 bridgehead atoms. The second kappa shape index (κ2) is 9.35. The summed E-state index contributed by atoms with van der Waals surface area (Å²) in [5.74, 6) is 0.0547. The number of nitrogens with one attached hydrogen (secondary N) is 1. The monoisotopic (exact) mass is 438 g/mol. The maximum Gasteiger partial charge on any atom is 0.254 e. The molecule has 2 aromatic carbocycles. The summed E-state index contributed by atoms with van der Waals surface area (Å²) in [7, 11) is 0. The predicted octanol–water partition coefficient (Wildman–Crippen LogP) is 4.92. The van der Waals surface area contributed by atoms with Crippen LogP contribution >= 0.6 is 11.6 Å². The Morgan fingerprint density at radius 2 is 1.71 bits per heavy atom. The highest BCUT2D eigenvalue weighted by atomic mass is 35.5. The highest BCUT2D eigenvalue weighted by molar-refractivity contribution is 6.30. The zero-order chi connectivity index (χ0) is 22.6. The maximum atomic E-state index is 12.8. The second-order valence-electron chi connectivity index (χ2n) is 8.29. The summed E-state index contributed by atoms with van der Waals surface area (Å²) in [6, 6.07) is 18.1. The van der Waals surface area contributed by atoms with E-state index in [0.717, 1.165) is 11.4 Å². The van der Waals surface area contributed by atoms with Gasteiger partial charge in [0.05, 0.1) is 11.4 Å². The lowest BCUT2D eigenvalue weighted by atomic mass is 9.92. The van der Waals surface area contributed by atoms with Crippen molar-refractivity contribution in [2.75, 3.05) is 18.4 Å². The molecule has 0 spiro atoms. The minimum absolute atomic E-state index is 0.0667. The molecule has 0 fully saturated rings. The summed E-state index contributed by atoms with van der Waals surface area (Å²) >= 11 is 5.91. The average molecular weight is 439 g/mol. The first kappa shape index (κ1) is 22.6. The van der Waals surface area contributed by atoms with Crippen molar-refractivity contribution < 1.29 is 9.59 Å². The molecule has 0 aliphatic carbocycles. The van der Waals surface area contributed by atoms with Crippen LogP contribution < -0.4 is 5.32 Å². The number of anilines is 1. The summed E-state index contributed by atoms with van der Waals surface area (Å²) < 4.78 is 1.72. The first-order valence-electron chi connectivity index (χ1n) is 10.2. The molecule has 0 aliphatic heterocycles. The molecule has 0 aliphatic rings. The number of carbonyl (C=O) groups is 2. The SMILES string of the molecule is CCN(CC(=O)Nc1cc(C(C)(C)C)nn1-c1ccccc1)C(=O)c1ccc(Cl)cc1. The van der Waals surface area contributed by atoms with Gasteiger partial charge in [0.25, 0.3) is 5.91 Å². The van der Waals surface area contributed by atoms with Crippen molar-refractivity contribution >= 4 is 29.2 Å². The fourth-order valence-corrected chi connectivity index (χ4v) is 3.19. The van der Waals surface area contributed by atoms with Gasteiger partial charge in [0, 0.05) is 28.6 Å². The first-order chi connectivity index (χ1) is 14.7. The fraction of sp³-hybridized carbons (Fsp3) is 0.292. The van der Waals surface area contributed by atoms with Crippen LogP contribution in [0, 0.1) is 0 Å². The number of hydrogen-bond acceptors (Lipinski definition) is 3. The highest BCUT2D eigenvalue weighted by Crippen LogP contribution is 2.26. The normalized spacial score (nSPS) is 11.3. The molecule has 1 heterocycles. The fourth-order valence-electron chi connectivity index (χ4n) is 3.06. The van der Waals surface area contributed by atoms with Crippen molar-refractivity contribution in [2.24, 2.45) is 0 Å². The Morgan fingerprint density at radius 1 is 1.06 bits per heavy atom. The Hall–Kier alpha value is -3.12. The van der Waals surface area contributed by atoms with Crippen molar-refractivity contribution in [2.45, 2.75) is 33.1 Å². The van der Waals surface area contributed by atoms with Crippen LogP contribution in [0.1, 0.15) is 43.7 Å². The number of benzene rings is 2. The van der Waals surface area contributed by atoms with Crippen LogP contribution in [-0.2, 0) is 10.2 Å². The summed E-state index contributed by atoms with van der Waals surface area (Å²) in [5, 5.41) is 8.19. The van der Waals surface area contributed by atoms with Gasteiger partial charge in [-0.3, -0.25) is 9.59 Å². The minimum Gasteiger partial charge on any atom is -0.330 e. The Balaban J connectivity index is 1.81. The molecule has 31 heavy (non-hydrogen) atoms. The van der Waals surface area contributed by atoms with E-state index in [1.165, 1.54) is 4.90 Å². The van der Waals surface area contributed by atoms with Crippen LogP contribution in [0.2, 0.25) is 5.02 Å². The van der Waals surface area contributed by atoms with Crippen LogP contribution in [-0.4, -0.2) is 39.6 Å². The van der Waals surface area contributed by atoms with Crippen LogP contribution in [0.25, 0.3) is 5.69 Å². The van der Waals surface area contributed by atoms with E-state index in [2.05, 4.69) is 26.1 Å². The smallest absolute Gasteiger partial charge is 0.254 e. The van der Waals surface area contributed by atoms with E-state index in [1.807, 2.05) is 43.3 Å². The summed E-state index contributed by atoms with van der Waals surface area (Å²) in [5.41, 5.74) is 2.01. The van der Waals surface area contributed by atoms with E-state index in [-0.39, 0.29) is 23.8 Å². The number of halogens is 1. The summed E-state index contributed by atoms with van der Waals surface area (Å²) in [4.78, 5) is 27.1. The third kappa shape index (κ3) is 5.52.